The highest BCUT2D eigenvalue weighted by Crippen LogP contribution is 2.39. The third kappa shape index (κ3) is 6.12. The first kappa shape index (κ1) is 23.2. The van der Waals surface area contributed by atoms with E-state index in [2.05, 4.69) is 47.5 Å². The van der Waals surface area contributed by atoms with Crippen molar-refractivity contribution in [3.05, 3.63) is 78.0 Å². The molecule has 1 aliphatic carbocycles. The lowest BCUT2D eigenvalue weighted by Crippen LogP contribution is -2.27. The predicted octanol–water partition coefficient (Wildman–Crippen LogP) is 7.30. The molecule has 0 unspecified atom stereocenters. The van der Waals surface area contributed by atoms with Crippen molar-refractivity contribution in [2.75, 3.05) is 5.32 Å². The van der Waals surface area contributed by atoms with E-state index in [0.29, 0.717) is 0 Å². The van der Waals surface area contributed by atoms with Gasteiger partial charge in [0.05, 0.1) is 0 Å². The molecule has 28 heavy (non-hydrogen) atoms. The maximum atomic E-state index is 12.2. The minimum atomic E-state index is -0.202. The summed E-state index contributed by atoms with van der Waals surface area (Å²) in [6.45, 7) is 13.6. The van der Waals surface area contributed by atoms with E-state index in [4.69, 9.17) is 0 Å². The summed E-state index contributed by atoms with van der Waals surface area (Å²) in [5.74, 6) is 0. The highest BCUT2D eigenvalue weighted by molar-refractivity contribution is 5.94. The Morgan fingerprint density at radius 1 is 1.00 bits per heavy atom. The van der Waals surface area contributed by atoms with E-state index in [-0.39, 0.29) is 6.03 Å². The minimum Gasteiger partial charge on any atom is -0.312 e. The highest BCUT2D eigenvalue weighted by Gasteiger charge is 2.21. The lowest BCUT2D eigenvalue weighted by Gasteiger charge is -2.12. The third-order valence-corrected chi connectivity index (χ3v) is 4.23. The Labute approximate surface area is 170 Å². The van der Waals surface area contributed by atoms with Crippen LogP contribution in [0.1, 0.15) is 58.6 Å². The van der Waals surface area contributed by atoms with Crippen molar-refractivity contribution >= 4 is 11.7 Å². The molecule has 2 aromatic carbocycles. The minimum absolute atomic E-state index is 0.202. The van der Waals surface area contributed by atoms with Crippen LogP contribution in [0.4, 0.5) is 10.5 Å². The number of urea groups is 1. The molecule has 1 aliphatic rings. The number of hydrogen-bond acceptors (Lipinski definition) is 1. The molecule has 0 saturated heterocycles. The molecule has 0 bridgehead atoms. The van der Waals surface area contributed by atoms with Crippen LogP contribution in [0.2, 0.25) is 0 Å². The maximum Gasteiger partial charge on any atom is 0.323 e. The second-order valence-corrected chi connectivity index (χ2v) is 6.00. The Balaban J connectivity index is 0.000000921. The first-order chi connectivity index (χ1) is 13.7. The molecule has 0 aromatic heterocycles. The van der Waals surface area contributed by atoms with Crippen LogP contribution in [-0.2, 0) is 6.42 Å². The standard InChI is InChI=1S/C21H22N2O.2C2H6/c1-3-4-5-9-15(2)22-21(24)23-20-13-8-12-18-17-11-7-6-10-16(17)14-19(18)20;2*1-2/h3,6-13H,1,4-5,14H2,2H3,(H2,22,23,24);2*1-2H3/b15-9+;;. The van der Waals surface area contributed by atoms with E-state index >= 15 is 0 Å². The van der Waals surface area contributed by atoms with Crippen LogP contribution in [0.5, 0.6) is 0 Å². The van der Waals surface area contributed by atoms with Gasteiger partial charge in [0.15, 0.2) is 0 Å². The van der Waals surface area contributed by atoms with Crippen molar-refractivity contribution < 1.29 is 4.79 Å². The second kappa shape index (κ2) is 12.6. The normalized spacial score (nSPS) is 11.0. The van der Waals surface area contributed by atoms with E-state index in [0.717, 1.165) is 30.6 Å². The maximum absolute atomic E-state index is 12.2. The number of allylic oxidation sites excluding steroid dienone is 3. The van der Waals surface area contributed by atoms with Gasteiger partial charge < -0.3 is 10.6 Å². The van der Waals surface area contributed by atoms with Gasteiger partial charge in [0, 0.05) is 17.8 Å². The van der Waals surface area contributed by atoms with Crippen molar-refractivity contribution in [3.8, 4) is 11.1 Å². The van der Waals surface area contributed by atoms with Crippen LogP contribution in [0.15, 0.2) is 66.9 Å². The first-order valence-corrected chi connectivity index (χ1v) is 10.2. The van der Waals surface area contributed by atoms with Crippen LogP contribution in [0.3, 0.4) is 0 Å². The van der Waals surface area contributed by atoms with E-state index in [1.54, 1.807) is 0 Å². The Morgan fingerprint density at radius 3 is 2.39 bits per heavy atom. The monoisotopic (exact) mass is 378 g/mol. The summed E-state index contributed by atoms with van der Waals surface area (Å²) in [6, 6.07) is 14.3. The van der Waals surface area contributed by atoms with Gasteiger partial charge in [-0.3, -0.25) is 0 Å². The lowest BCUT2D eigenvalue weighted by atomic mass is 10.1. The average Bonchev–Trinajstić information content (AvgIpc) is 3.11. The molecule has 0 radical (unpaired) electrons. The zero-order valence-corrected chi connectivity index (χ0v) is 17.9. The molecule has 0 atom stereocenters. The Morgan fingerprint density at radius 2 is 1.68 bits per heavy atom. The molecule has 0 fully saturated rings. The van der Waals surface area contributed by atoms with Gasteiger partial charge in [0.2, 0.25) is 0 Å². The molecule has 2 amide bonds. The number of carbonyl (C=O) groups is 1. The van der Waals surface area contributed by atoms with Gasteiger partial charge >= 0.3 is 6.03 Å². The fraction of sp³-hybridized carbons (Fsp3) is 0.320. The van der Waals surface area contributed by atoms with E-state index in [9.17, 15) is 4.79 Å². The van der Waals surface area contributed by atoms with Gasteiger partial charge in [0.25, 0.3) is 0 Å². The van der Waals surface area contributed by atoms with Crippen molar-refractivity contribution in [2.24, 2.45) is 0 Å². The second-order valence-electron chi connectivity index (χ2n) is 6.00. The molecule has 2 N–H and O–H groups in total. The fourth-order valence-corrected chi connectivity index (χ4v) is 3.08. The summed E-state index contributed by atoms with van der Waals surface area (Å²) in [5, 5.41) is 5.86. The summed E-state index contributed by atoms with van der Waals surface area (Å²) in [7, 11) is 0. The smallest absolute Gasteiger partial charge is 0.312 e. The Kier molecular flexibility index (Phi) is 10.4. The van der Waals surface area contributed by atoms with Crippen molar-refractivity contribution in [1.29, 1.82) is 0 Å². The predicted molar refractivity (Wildman–Crippen MR) is 123 cm³/mol. The van der Waals surface area contributed by atoms with E-state index in [1.807, 2.05) is 58.9 Å². The zero-order chi connectivity index (χ0) is 20.9. The number of anilines is 1. The van der Waals surface area contributed by atoms with Crippen LogP contribution >= 0.6 is 0 Å². The summed E-state index contributed by atoms with van der Waals surface area (Å²) in [4.78, 5) is 12.2. The van der Waals surface area contributed by atoms with Crippen LogP contribution in [0, 0.1) is 0 Å². The SMILES string of the molecule is C=CCC/C=C(\C)NC(=O)Nc1cccc2c1Cc1ccccc1-2.CC.CC. The number of hydrogen-bond donors (Lipinski definition) is 2. The largest absolute Gasteiger partial charge is 0.323 e. The van der Waals surface area contributed by atoms with Gasteiger partial charge in [-0.2, -0.15) is 0 Å². The van der Waals surface area contributed by atoms with Gasteiger partial charge in [-0.25, -0.2) is 4.79 Å². The summed E-state index contributed by atoms with van der Waals surface area (Å²) in [5.41, 5.74) is 6.69. The molecule has 3 heteroatoms. The molecule has 2 aromatic rings. The summed E-state index contributed by atoms with van der Waals surface area (Å²) < 4.78 is 0. The summed E-state index contributed by atoms with van der Waals surface area (Å²) in [6.07, 6.45) is 6.52. The van der Waals surface area contributed by atoms with E-state index < -0.39 is 0 Å². The molecular weight excluding hydrogens is 344 g/mol. The van der Waals surface area contributed by atoms with Crippen LogP contribution < -0.4 is 10.6 Å². The average molecular weight is 379 g/mol. The summed E-state index contributed by atoms with van der Waals surface area (Å²) >= 11 is 0. The molecular formula is C25H34N2O. The van der Waals surface area contributed by atoms with Crippen molar-refractivity contribution in [1.82, 2.24) is 5.32 Å². The molecule has 150 valence electrons. The van der Waals surface area contributed by atoms with E-state index in [1.165, 1.54) is 22.3 Å². The quantitative estimate of drug-likeness (QED) is 0.355. The molecule has 0 saturated carbocycles. The number of nitrogens with one attached hydrogen (secondary N) is 2. The van der Waals surface area contributed by atoms with Gasteiger partial charge in [0.1, 0.15) is 0 Å². The molecule has 0 heterocycles. The zero-order valence-electron chi connectivity index (χ0n) is 17.9. The Bertz CT molecular complexity index is 806. The highest BCUT2D eigenvalue weighted by atomic mass is 16.2. The number of fused-ring (bicyclic) bond motifs is 3. The third-order valence-electron chi connectivity index (χ3n) is 4.23. The number of benzene rings is 2. The molecule has 3 nitrogen and oxygen atoms in total. The van der Waals surface area contributed by atoms with Gasteiger partial charge in [-0.1, -0.05) is 76.2 Å². The first-order valence-electron chi connectivity index (χ1n) is 10.2. The fourth-order valence-electron chi connectivity index (χ4n) is 3.08. The topological polar surface area (TPSA) is 41.1 Å². The van der Waals surface area contributed by atoms with Crippen molar-refractivity contribution in [2.45, 2.75) is 53.9 Å². The van der Waals surface area contributed by atoms with Gasteiger partial charge in [-0.05, 0) is 48.1 Å². The number of unbranched alkanes of at least 4 members (excludes halogenated alkanes) is 1. The molecule has 0 aliphatic heterocycles. The van der Waals surface area contributed by atoms with Crippen LogP contribution in [-0.4, -0.2) is 6.03 Å². The Hall–Kier alpha value is -2.81. The molecule has 0 spiro atoms. The van der Waals surface area contributed by atoms with Crippen molar-refractivity contribution in [3.63, 3.8) is 0 Å². The molecule has 3 rings (SSSR count). The number of amides is 2. The lowest BCUT2D eigenvalue weighted by molar-refractivity contribution is 0.254. The number of carbonyl (C=O) groups excluding carboxylic acids is 1. The number of rotatable bonds is 5. The van der Waals surface area contributed by atoms with Gasteiger partial charge in [-0.15, -0.1) is 6.58 Å². The van der Waals surface area contributed by atoms with Crippen LogP contribution in [0.25, 0.3) is 11.1 Å².